The summed E-state index contributed by atoms with van der Waals surface area (Å²) in [6, 6.07) is 11.4. The lowest BCUT2D eigenvalue weighted by Gasteiger charge is -1.99. The summed E-state index contributed by atoms with van der Waals surface area (Å²) >= 11 is 3.34. The van der Waals surface area contributed by atoms with E-state index < -0.39 is 0 Å². The normalized spacial score (nSPS) is 10.1. The Morgan fingerprint density at radius 1 is 1.21 bits per heavy atom. The summed E-state index contributed by atoms with van der Waals surface area (Å²) in [6.45, 7) is 0. The topological polar surface area (TPSA) is 22.4 Å². The lowest BCUT2D eigenvalue weighted by molar-refractivity contribution is 0.346. The molecule has 3 heteroatoms. The number of para-hydroxylation sites is 1. The number of rotatable bonds is 3. The van der Waals surface area contributed by atoms with Crippen LogP contribution in [0.25, 0.3) is 0 Å². The van der Waals surface area contributed by atoms with E-state index in [1.54, 1.807) is 6.26 Å². The molecular formula is C11H9BrO2. The van der Waals surface area contributed by atoms with Crippen molar-refractivity contribution >= 4 is 15.9 Å². The van der Waals surface area contributed by atoms with E-state index >= 15 is 0 Å². The first-order valence-corrected chi connectivity index (χ1v) is 5.37. The molecule has 0 spiro atoms. The van der Waals surface area contributed by atoms with Gasteiger partial charge in [0.1, 0.15) is 5.75 Å². The molecule has 0 aliphatic carbocycles. The van der Waals surface area contributed by atoms with E-state index in [0.29, 0.717) is 5.95 Å². The Balaban J connectivity index is 2.11. The van der Waals surface area contributed by atoms with Gasteiger partial charge in [0.2, 0.25) is 0 Å². The van der Waals surface area contributed by atoms with Crippen molar-refractivity contribution in [1.82, 2.24) is 0 Å². The second-order valence-corrected chi connectivity index (χ2v) is 3.38. The molecule has 0 saturated heterocycles. The van der Waals surface area contributed by atoms with Gasteiger partial charge in [-0.3, -0.25) is 0 Å². The van der Waals surface area contributed by atoms with Crippen molar-refractivity contribution in [2.45, 2.75) is 5.33 Å². The van der Waals surface area contributed by atoms with Crippen molar-refractivity contribution in [1.29, 1.82) is 0 Å². The molecule has 1 heterocycles. The third kappa shape index (κ3) is 2.17. The number of benzene rings is 1. The van der Waals surface area contributed by atoms with Gasteiger partial charge in [0.15, 0.2) is 0 Å². The molecular weight excluding hydrogens is 244 g/mol. The lowest BCUT2D eigenvalue weighted by Crippen LogP contribution is -1.79. The fraction of sp³-hybridized carbons (Fsp3) is 0.0909. The first-order chi connectivity index (χ1) is 6.88. The van der Waals surface area contributed by atoms with Gasteiger partial charge in [-0.2, -0.15) is 0 Å². The van der Waals surface area contributed by atoms with Gasteiger partial charge in [-0.25, -0.2) is 0 Å². The third-order valence-electron chi connectivity index (χ3n) is 1.75. The maximum absolute atomic E-state index is 5.47. The molecule has 0 radical (unpaired) electrons. The number of hydrogen-bond acceptors (Lipinski definition) is 2. The Morgan fingerprint density at radius 3 is 2.64 bits per heavy atom. The van der Waals surface area contributed by atoms with Crippen LogP contribution in [0.3, 0.4) is 0 Å². The van der Waals surface area contributed by atoms with Crippen LogP contribution in [0.1, 0.15) is 5.56 Å². The molecule has 0 aliphatic rings. The highest BCUT2D eigenvalue weighted by Gasteiger charge is 2.02. The van der Waals surface area contributed by atoms with Gasteiger partial charge >= 0.3 is 0 Å². The molecule has 1 aromatic heterocycles. The van der Waals surface area contributed by atoms with Crippen molar-refractivity contribution in [2.75, 3.05) is 0 Å². The smallest absolute Gasteiger partial charge is 0.290 e. The second-order valence-electron chi connectivity index (χ2n) is 2.82. The molecule has 0 aliphatic heterocycles. The molecule has 0 fully saturated rings. The van der Waals surface area contributed by atoms with Gasteiger partial charge in [0, 0.05) is 17.0 Å². The average Bonchev–Trinajstić information content (AvgIpc) is 2.67. The van der Waals surface area contributed by atoms with Crippen LogP contribution < -0.4 is 4.74 Å². The second kappa shape index (κ2) is 4.33. The number of alkyl halides is 1. The highest BCUT2D eigenvalue weighted by atomic mass is 79.9. The summed E-state index contributed by atoms with van der Waals surface area (Å²) in [5, 5.41) is 0.772. The predicted molar refractivity (Wildman–Crippen MR) is 57.9 cm³/mol. The van der Waals surface area contributed by atoms with Crippen LogP contribution in [0.4, 0.5) is 0 Å². The summed E-state index contributed by atoms with van der Waals surface area (Å²) in [5.74, 6) is 1.30. The van der Waals surface area contributed by atoms with Crippen LogP contribution in [-0.2, 0) is 5.33 Å². The first-order valence-electron chi connectivity index (χ1n) is 4.25. The van der Waals surface area contributed by atoms with E-state index in [-0.39, 0.29) is 0 Å². The Hall–Kier alpha value is -1.22. The summed E-state index contributed by atoms with van der Waals surface area (Å²) in [4.78, 5) is 0. The molecule has 2 rings (SSSR count). The minimum Gasteiger partial charge on any atom is -0.434 e. The molecule has 2 aromatic rings. The maximum atomic E-state index is 5.47. The number of hydrogen-bond donors (Lipinski definition) is 0. The fourth-order valence-electron chi connectivity index (χ4n) is 1.08. The average molecular weight is 253 g/mol. The quantitative estimate of drug-likeness (QED) is 0.772. The van der Waals surface area contributed by atoms with E-state index in [4.69, 9.17) is 9.15 Å². The van der Waals surface area contributed by atoms with Crippen molar-refractivity contribution < 1.29 is 9.15 Å². The zero-order chi connectivity index (χ0) is 9.80. The summed E-state index contributed by atoms with van der Waals surface area (Å²) in [5.41, 5.74) is 1.07. The molecule has 0 saturated carbocycles. The van der Waals surface area contributed by atoms with Gasteiger partial charge in [-0.15, -0.1) is 0 Å². The summed E-state index contributed by atoms with van der Waals surface area (Å²) in [7, 11) is 0. The molecule has 14 heavy (non-hydrogen) atoms. The van der Waals surface area contributed by atoms with Crippen molar-refractivity contribution in [3.8, 4) is 11.7 Å². The zero-order valence-corrected chi connectivity index (χ0v) is 9.03. The molecule has 0 N–H and O–H groups in total. The Kier molecular flexibility index (Phi) is 2.89. The van der Waals surface area contributed by atoms with Crippen molar-refractivity contribution in [2.24, 2.45) is 0 Å². The predicted octanol–water partition coefficient (Wildman–Crippen LogP) is 3.97. The van der Waals surface area contributed by atoms with Crippen LogP contribution in [0.5, 0.6) is 11.7 Å². The summed E-state index contributed by atoms with van der Waals surface area (Å²) in [6.07, 6.45) is 1.67. The highest BCUT2D eigenvalue weighted by Crippen LogP contribution is 2.24. The molecule has 0 unspecified atom stereocenters. The minimum absolute atomic E-state index is 0.519. The van der Waals surface area contributed by atoms with Crippen LogP contribution in [0.2, 0.25) is 0 Å². The van der Waals surface area contributed by atoms with Crippen molar-refractivity contribution in [3.63, 3.8) is 0 Å². The summed E-state index contributed by atoms with van der Waals surface area (Å²) < 4.78 is 10.7. The van der Waals surface area contributed by atoms with E-state index in [0.717, 1.165) is 16.6 Å². The standard InChI is InChI=1S/C11H9BrO2/c12-7-9-6-11(13-8-9)14-10-4-2-1-3-5-10/h1-6,8H,7H2. The Bertz CT molecular complexity index is 395. The molecule has 72 valence electrons. The van der Waals surface area contributed by atoms with Crippen molar-refractivity contribution in [3.05, 3.63) is 48.2 Å². The largest absolute Gasteiger partial charge is 0.434 e. The Morgan fingerprint density at radius 2 is 2.00 bits per heavy atom. The third-order valence-corrected chi connectivity index (χ3v) is 2.39. The minimum atomic E-state index is 0.519. The first kappa shape index (κ1) is 9.34. The highest BCUT2D eigenvalue weighted by molar-refractivity contribution is 9.08. The maximum Gasteiger partial charge on any atom is 0.290 e. The molecule has 0 amide bonds. The van der Waals surface area contributed by atoms with E-state index in [9.17, 15) is 0 Å². The van der Waals surface area contributed by atoms with Crippen LogP contribution in [0.15, 0.2) is 47.1 Å². The van der Waals surface area contributed by atoms with E-state index in [1.807, 2.05) is 36.4 Å². The van der Waals surface area contributed by atoms with E-state index in [1.165, 1.54) is 0 Å². The molecule has 0 bridgehead atoms. The fourth-order valence-corrected chi connectivity index (χ4v) is 1.38. The zero-order valence-electron chi connectivity index (χ0n) is 7.44. The van der Waals surface area contributed by atoms with Gasteiger partial charge in [-0.1, -0.05) is 34.1 Å². The number of furan rings is 1. The van der Waals surface area contributed by atoms with Crippen LogP contribution in [0, 0.1) is 0 Å². The van der Waals surface area contributed by atoms with Crippen LogP contribution >= 0.6 is 15.9 Å². The van der Waals surface area contributed by atoms with Gasteiger partial charge in [0.25, 0.3) is 5.95 Å². The van der Waals surface area contributed by atoms with Gasteiger partial charge < -0.3 is 9.15 Å². The number of halogens is 1. The monoisotopic (exact) mass is 252 g/mol. The Labute approximate surface area is 90.6 Å². The molecule has 1 aromatic carbocycles. The van der Waals surface area contributed by atoms with Gasteiger partial charge in [0.05, 0.1) is 6.26 Å². The van der Waals surface area contributed by atoms with Crippen LogP contribution in [-0.4, -0.2) is 0 Å². The molecule has 2 nitrogen and oxygen atoms in total. The van der Waals surface area contributed by atoms with Gasteiger partial charge in [-0.05, 0) is 12.1 Å². The SMILES string of the molecule is BrCc1coc(Oc2ccccc2)c1. The lowest BCUT2D eigenvalue weighted by atomic mass is 10.3. The van der Waals surface area contributed by atoms with E-state index in [2.05, 4.69) is 15.9 Å². The number of ether oxygens (including phenoxy) is 1. The molecule has 0 atom stereocenters.